The van der Waals surface area contributed by atoms with Crippen molar-refractivity contribution in [2.24, 2.45) is 0 Å². The molecule has 0 radical (unpaired) electrons. The van der Waals surface area contributed by atoms with Crippen LogP contribution in [0.4, 0.5) is 4.79 Å². The van der Waals surface area contributed by atoms with Gasteiger partial charge in [-0.3, -0.25) is 19.3 Å². The second-order valence-electron chi connectivity index (χ2n) is 6.73. The van der Waals surface area contributed by atoms with Gasteiger partial charge < -0.3 is 16.0 Å². The Hall–Kier alpha value is -2.03. The van der Waals surface area contributed by atoms with Gasteiger partial charge in [-0.05, 0) is 19.3 Å². The predicted octanol–water partition coefficient (Wildman–Crippen LogP) is 0.144. The lowest BCUT2D eigenvalue weighted by Crippen LogP contribution is -2.36. The first-order valence-electron chi connectivity index (χ1n) is 9.03. The minimum atomic E-state index is -0.290. The second kappa shape index (κ2) is 8.57. The van der Waals surface area contributed by atoms with Crippen LogP contribution in [0.25, 0.3) is 0 Å². The smallest absolute Gasteiger partial charge is 0.315 e. The summed E-state index contributed by atoms with van der Waals surface area (Å²) in [5, 5.41) is 9.15. The Kier molecular flexibility index (Phi) is 6.18. The van der Waals surface area contributed by atoms with Crippen molar-refractivity contribution in [3.63, 3.8) is 0 Å². The van der Waals surface area contributed by atoms with Gasteiger partial charge in [0.25, 0.3) is 11.8 Å². The third-order valence-corrected chi connectivity index (χ3v) is 6.37. The monoisotopic (exact) mass is 380 g/mol. The molecular weight excluding hydrogens is 356 g/mol. The van der Waals surface area contributed by atoms with Gasteiger partial charge in [0.05, 0.1) is 12.1 Å². The molecule has 0 saturated carbocycles. The van der Waals surface area contributed by atoms with Gasteiger partial charge in [0, 0.05) is 42.7 Å². The Labute approximate surface area is 156 Å². The molecule has 9 heteroatoms. The van der Waals surface area contributed by atoms with Crippen molar-refractivity contribution in [1.29, 1.82) is 0 Å². The van der Waals surface area contributed by atoms with Gasteiger partial charge in [-0.25, -0.2) is 4.79 Å². The summed E-state index contributed by atoms with van der Waals surface area (Å²) in [7, 11) is 0. The molecule has 0 aromatic rings. The largest absolute Gasteiger partial charge is 0.356 e. The Balaban J connectivity index is 1.22. The topological polar surface area (TPSA) is 108 Å². The fraction of sp³-hybridized carbons (Fsp3) is 0.647. The number of unbranched alkanes of at least 4 members (excludes halogenated alkanes) is 1. The molecule has 8 nitrogen and oxygen atoms in total. The van der Waals surface area contributed by atoms with Crippen LogP contribution >= 0.6 is 11.8 Å². The summed E-state index contributed by atoms with van der Waals surface area (Å²) >= 11 is 1.88. The maximum atomic E-state index is 11.8. The van der Waals surface area contributed by atoms with Gasteiger partial charge in [0.1, 0.15) is 0 Å². The first kappa shape index (κ1) is 18.8. The zero-order valence-electron chi connectivity index (χ0n) is 14.5. The standard InChI is InChI=1S/C17H24N4O4S/c22-13(18-8-3-9-21-14(23)6-7-15(21)24)5-2-1-4-12-16-11(10-26-12)19-17(25)20-16/h6-7,11-12,16H,1-5,8-10H2,(H,18,22)(H2,19,20,25). The van der Waals surface area contributed by atoms with Crippen LogP contribution in [-0.2, 0) is 14.4 Å². The Morgan fingerprint density at radius 1 is 1.15 bits per heavy atom. The molecule has 3 heterocycles. The molecule has 3 unspecified atom stereocenters. The summed E-state index contributed by atoms with van der Waals surface area (Å²) in [5.41, 5.74) is 0. The van der Waals surface area contributed by atoms with Gasteiger partial charge >= 0.3 is 6.03 Å². The molecule has 0 bridgehead atoms. The van der Waals surface area contributed by atoms with Crippen molar-refractivity contribution in [2.45, 2.75) is 49.4 Å². The van der Waals surface area contributed by atoms with E-state index in [2.05, 4.69) is 16.0 Å². The molecule has 142 valence electrons. The molecule has 3 N–H and O–H groups in total. The maximum absolute atomic E-state index is 11.8. The van der Waals surface area contributed by atoms with Gasteiger partial charge in [-0.1, -0.05) is 6.42 Å². The van der Waals surface area contributed by atoms with Crippen LogP contribution in [0.2, 0.25) is 0 Å². The summed E-state index contributed by atoms with van der Waals surface area (Å²) in [6.07, 6.45) is 6.31. The zero-order chi connectivity index (χ0) is 18.5. The Morgan fingerprint density at radius 3 is 2.69 bits per heavy atom. The molecule has 0 aromatic heterocycles. The minimum Gasteiger partial charge on any atom is -0.356 e. The number of imide groups is 1. The highest BCUT2D eigenvalue weighted by molar-refractivity contribution is 8.00. The molecule has 0 aromatic carbocycles. The molecule has 2 saturated heterocycles. The normalized spacial score (nSPS) is 26.8. The third-order valence-electron chi connectivity index (χ3n) is 4.86. The average Bonchev–Trinajstić information content (AvgIpc) is 3.25. The quantitative estimate of drug-likeness (QED) is 0.300. The molecular formula is C17H24N4O4S. The number of nitrogens with zero attached hydrogens (tertiary/aromatic N) is 1. The molecule has 2 fully saturated rings. The van der Waals surface area contributed by atoms with E-state index in [-0.39, 0.29) is 35.8 Å². The van der Waals surface area contributed by atoms with Gasteiger partial charge in [0.2, 0.25) is 5.91 Å². The van der Waals surface area contributed by atoms with Crippen molar-refractivity contribution in [1.82, 2.24) is 20.9 Å². The number of carbonyl (C=O) groups excluding carboxylic acids is 4. The van der Waals surface area contributed by atoms with Crippen LogP contribution in [0.5, 0.6) is 0 Å². The molecule has 26 heavy (non-hydrogen) atoms. The first-order valence-corrected chi connectivity index (χ1v) is 10.1. The molecule has 0 spiro atoms. The Bertz CT molecular complexity index is 606. The fourth-order valence-electron chi connectivity index (χ4n) is 3.48. The maximum Gasteiger partial charge on any atom is 0.315 e. The number of carbonyl (C=O) groups is 4. The van der Waals surface area contributed by atoms with E-state index in [4.69, 9.17) is 0 Å². The lowest BCUT2D eigenvalue weighted by molar-refractivity contribution is -0.136. The van der Waals surface area contributed by atoms with Crippen LogP contribution in [0.15, 0.2) is 12.2 Å². The SMILES string of the molecule is O=C(CCCCC1SCC2NC(=O)NC21)NCCCN1C(=O)C=CC1=O. The Morgan fingerprint density at radius 2 is 1.92 bits per heavy atom. The minimum absolute atomic E-state index is 0.00464. The number of thioether (sulfide) groups is 1. The van der Waals surface area contributed by atoms with Crippen molar-refractivity contribution >= 4 is 35.5 Å². The van der Waals surface area contributed by atoms with Crippen LogP contribution in [0.1, 0.15) is 32.1 Å². The molecule has 3 atom stereocenters. The second-order valence-corrected chi connectivity index (χ2v) is 8.00. The molecule has 5 amide bonds. The number of hydrogen-bond donors (Lipinski definition) is 3. The summed E-state index contributed by atoms with van der Waals surface area (Å²) in [6.45, 7) is 0.780. The highest BCUT2D eigenvalue weighted by atomic mass is 32.2. The highest BCUT2D eigenvalue weighted by Gasteiger charge is 2.42. The van der Waals surface area contributed by atoms with Crippen LogP contribution < -0.4 is 16.0 Å². The fourth-order valence-corrected chi connectivity index (χ4v) is 5.02. The summed E-state index contributed by atoms with van der Waals surface area (Å²) in [5.74, 6) is 0.366. The molecule has 3 rings (SSSR count). The van der Waals surface area contributed by atoms with Gasteiger partial charge in [0.15, 0.2) is 0 Å². The van der Waals surface area contributed by atoms with E-state index >= 15 is 0 Å². The van der Waals surface area contributed by atoms with Crippen molar-refractivity contribution in [2.75, 3.05) is 18.8 Å². The van der Waals surface area contributed by atoms with Crippen LogP contribution in [0.3, 0.4) is 0 Å². The number of nitrogens with one attached hydrogen (secondary N) is 3. The number of rotatable bonds is 9. The van der Waals surface area contributed by atoms with E-state index in [0.29, 0.717) is 31.2 Å². The summed E-state index contributed by atoms with van der Waals surface area (Å²) in [4.78, 5) is 47.1. The van der Waals surface area contributed by atoms with E-state index in [0.717, 1.165) is 25.0 Å². The number of hydrogen-bond acceptors (Lipinski definition) is 5. The molecule has 0 aliphatic carbocycles. The first-order chi connectivity index (χ1) is 12.5. The van der Waals surface area contributed by atoms with Crippen molar-refractivity contribution in [3.05, 3.63) is 12.2 Å². The van der Waals surface area contributed by atoms with Gasteiger partial charge in [-0.15, -0.1) is 0 Å². The van der Waals surface area contributed by atoms with E-state index in [1.807, 2.05) is 11.8 Å². The third kappa shape index (κ3) is 4.57. The van der Waals surface area contributed by atoms with E-state index < -0.39 is 0 Å². The zero-order valence-corrected chi connectivity index (χ0v) is 15.3. The molecule has 3 aliphatic rings. The predicted molar refractivity (Wildman–Crippen MR) is 97.4 cm³/mol. The summed E-state index contributed by atoms with van der Waals surface area (Å²) < 4.78 is 0. The van der Waals surface area contributed by atoms with E-state index in [9.17, 15) is 19.2 Å². The van der Waals surface area contributed by atoms with Crippen LogP contribution in [0, 0.1) is 0 Å². The number of fused-ring (bicyclic) bond motifs is 1. The highest BCUT2D eigenvalue weighted by Crippen LogP contribution is 2.33. The lowest BCUT2D eigenvalue weighted by atomic mass is 10.0. The lowest BCUT2D eigenvalue weighted by Gasteiger charge is -2.16. The summed E-state index contributed by atoms with van der Waals surface area (Å²) in [6, 6.07) is 0.384. The average molecular weight is 380 g/mol. The number of urea groups is 1. The van der Waals surface area contributed by atoms with Crippen molar-refractivity contribution < 1.29 is 19.2 Å². The van der Waals surface area contributed by atoms with E-state index in [1.54, 1.807) is 0 Å². The number of amides is 5. The van der Waals surface area contributed by atoms with Crippen LogP contribution in [-0.4, -0.2) is 64.8 Å². The van der Waals surface area contributed by atoms with Gasteiger partial charge in [-0.2, -0.15) is 11.8 Å². The molecule has 3 aliphatic heterocycles. The van der Waals surface area contributed by atoms with E-state index in [1.165, 1.54) is 17.1 Å². The van der Waals surface area contributed by atoms with Crippen molar-refractivity contribution in [3.8, 4) is 0 Å².